The van der Waals surface area contributed by atoms with E-state index in [0.29, 0.717) is 6.54 Å². The van der Waals surface area contributed by atoms with Gasteiger partial charge in [-0.3, -0.25) is 4.79 Å². The molecule has 0 bridgehead atoms. The minimum absolute atomic E-state index is 0.0137. The predicted molar refractivity (Wildman–Crippen MR) is 79.7 cm³/mol. The number of hydrogen-bond acceptors (Lipinski definition) is 6. The highest BCUT2D eigenvalue weighted by atomic mass is 32.2. The summed E-state index contributed by atoms with van der Waals surface area (Å²) in [4.78, 5) is 15.5. The molecule has 1 aromatic rings. The third-order valence-corrected chi connectivity index (χ3v) is 4.18. The summed E-state index contributed by atoms with van der Waals surface area (Å²) in [5, 5.41) is 2.66. The fourth-order valence-electron chi connectivity index (χ4n) is 1.52. The smallest absolute Gasteiger partial charge is 0.245 e. The number of nitrogens with two attached hydrogens (primary N) is 1. The van der Waals surface area contributed by atoms with Crippen molar-refractivity contribution in [2.24, 2.45) is 11.8 Å². The summed E-state index contributed by atoms with van der Waals surface area (Å²) in [6.07, 6.45) is 1.41. The van der Waals surface area contributed by atoms with E-state index in [4.69, 9.17) is 5.84 Å². The first-order valence-electron chi connectivity index (χ1n) is 6.49. The molecule has 0 fully saturated rings. The van der Waals surface area contributed by atoms with Crippen LogP contribution in [0.15, 0.2) is 23.2 Å². The standard InChI is InChI=1S/C12H21N5O3S/c1-8(2)7-15-12(18)9(3)17-21(19,20)10-5-4-6-14-11(10)16-13/h4-6,8-9,17H,7,13H2,1-3H3,(H,14,16)(H,15,18). The first-order chi connectivity index (χ1) is 9.77. The number of sulfonamides is 1. The average Bonchev–Trinajstić information content (AvgIpc) is 2.44. The second-order valence-corrected chi connectivity index (χ2v) is 6.66. The van der Waals surface area contributed by atoms with Crippen molar-refractivity contribution in [3.8, 4) is 0 Å². The Morgan fingerprint density at radius 1 is 1.38 bits per heavy atom. The Bertz CT molecular complexity index is 588. The van der Waals surface area contributed by atoms with Crippen molar-refractivity contribution < 1.29 is 13.2 Å². The van der Waals surface area contributed by atoms with Crippen LogP contribution < -0.4 is 21.3 Å². The van der Waals surface area contributed by atoms with E-state index in [1.165, 1.54) is 25.3 Å². The van der Waals surface area contributed by atoms with Crippen LogP contribution in [0.3, 0.4) is 0 Å². The molecular formula is C12H21N5O3S. The van der Waals surface area contributed by atoms with E-state index in [1.54, 1.807) is 0 Å². The third kappa shape index (κ3) is 4.96. The van der Waals surface area contributed by atoms with E-state index >= 15 is 0 Å². The fourth-order valence-corrected chi connectivity index (χ4v) is 2.85. The van der Waals surface area contributed by atoms with Gasteiger partial charge in [-0.2, -0.15) is 4.72 Å². The van der Waals surface area contributed by atoms with Crippen molar-refractivity contribution in [3.05, 3.63) is 18.3 Å². The summed E-state index contributed by atoms with van der Waals surface area (Å²) < 4.78 is 26.8. The topological polar surface area (TPSA) is 126 Å². The maximum absolute atomic E-state index is 12.2. The first-order valence-corrected chi connectivity index (χ1v) is 7.98. The SMILES string of the molecule is CC(C)CNC(=O)C(C)NS(=O)(=O)c1cccnc1NN. The molecule has 118 valence electrons. The van der Waals surface area contributed by atoms with Gasteiger partial charge in [0.2, 0.25) is 15.9 Å². The molecule has 1 rings (SSSR count). The number of nitrogens with one attached hydrogen (secondary N) is 3. The lowest BCUT2D eigenvalue weighted by atomic mass is 10.2. The molecule has 0 saturated heterocycles. The molecule has 5 N–H and O–H groups in total. The van der Waals surface area contributed by atoms with Crippen LogP contribution in [0.25, 0.3) is 0 Å². The fraction of sp³-hybridized carbons (Fsp3) is 0.500. The number of hydrogen-bond donors (Lipinski definition) is 4. The van der Waals surface area contributed by atoms with Crippen molar-refractivity contribution >= 4 is 21.7 Å². The van der Waals surface area contributed by atoms with Crippen molar-refractivity contribution in [2.45, 2.75) is 31.7 Å². The van der Waals surface area contributed by atoms with Gasteiger partial charge in [-0.15, -0.1) is 0 Å². The molecule has 1 heterocycles. The van der Waals surface area contributed by atoms with E-state index in [0.717, 1.165) is 0 Å². The zero-order valence-corrected chi connectivity index (χ0v) is 13.1. The molecule has 9 heteroatoms. The highest BCUT2D eigenvalue weighted by Gasteiger charge is 2.24. The molecule has 1 aromatic heterocycles. The van der Waals surface area contributed by atoms with Crippen molar-refractivity contribution in [1.29, 1.82) is 0 Å². The van der Waals surface area contributed by atoms with E-state index in [9.17, 15) is 13.2 Å². The first kappa shape index (κ1) is 17.3. The van der Waals surface area contributed by atoms with E-state index < -0.39 is 22.0 Å². The molecule has 0 aromatic carbocycles. The number of nitrogen functional groups attached to an aromatic ring is 1. The Kier molecular flexibility index (Phi) is 6.06. The molecular weight excluding hydrogens is 294 g/mol. The summed E-state index contributed by atoms with van der Waals surface area (Å²) in [6, 6.07) is 1.92. The second-order valence-electron chi connectivity index (χ2n) is 4.98. The molecule has 0 saturated carbocycles. The third-order valence-electron chi connectivity index (χ3n) is 2.61. The van der Waals surface area contributed by atoms with Gasteiger partial charge in [0.05, 0.1) is 6.04 Å². The summed E-state index contributed by atoms with van der Waals surface area (Å²) in [7, 11) is -3.90. The summed E-state index contributed by atoms with van der Waals surface area (Å²) in [6.45, 7) is 5.85. The predicted octanol–water partition coefficient (Wildman–Crippen LogP) is -0.194. The lowest BCUT2D eigenvalue weighted by Crippen LogP contribution is -2.45. The van der Waals surface area contributed by atoms with Gasteiger partial charge in [0.25, 0.3) is 0 Å². The van der Waals surface area contributed by atoms with Gasteiger partial charge in [-0.05, 0) is 25.0 Å². The van der Waals surface area contributed by atoms with E-state index in [1.807, 2.05) is 13.8 Å². The van der Waals surface area contributed by atoms with Gasteiger partial charge >= 0.3 is 0 Å². The number of nitrogens with zero attached hydrogens (tertiary/aromatic N) is 1. The van der Waals surface area contributed by atoms with Gasteiger partial charge in [0.1, 0.15) is 4.90 Å². The molecule has 0 aliphatic carbocycles. The zero-order valence-electron chi connectivity index (χ0n) is 12.3. The largest absolute Gasteiger partial charge is 0.354 e. The van der Waals surface area contributed by atoms with Gasteiger partial charge in [0.15, 0.2) is 5.82 Å². The second kappa shape index (κ2) is 7.34. The molecule has 0 radical (unpaired) electrons. The minimum atomic E-state index is -3.90. The molecule has 21 heavy (non-hydrogen) atoms. The molecule has 0 aliphatic rings. The van der Waals surface area contributed by atoms with Gasteiger partial charge < -0.3 is 10.7 Å². The van der Waals surface area contributed by atoms with Crippen LogP contribution in [0.2, 0.25) is 0 Å². The Hall–Kier alpha value is -1.71. The maximum atomic E-state index is 12.2. The Labute approximate surface area is 124 Å². The molecule has 1 atom stereocenters. The summed E-state index contributed by atoms with van der Waals surface area (Å²) in [5.41, 5.74) is 2.21. The molecule has 1 amide bonds. The molecule has 0 spiro atoms. The zero-order chi connectivity index (χ0) is 16.0. The van der Waals surface area contributed by atoms with E-state index in [2.05, 4.69) is 20.4 Å². The highest BCUT2D eigenvalue weighted by Crippen LogP contribution is 2.16. The van der Waals surface area contributed by atoms with Crippen LogP contribution in [0.5, 0.6) is 0 Å². The number of aromatic nitrogens is 1. The monoisotopic (exact) mass is 315 g/mol. The van der Waals surface area contributed by atoms with Gasteiger partial charge in [-0.1, -0.05) is 13.8 Å². The van der Waals surface area contributed by atoms with Crippen LogP contribution in [0, 0.1) is 5.92 Å². The Morgan fingerprint density at radius 2 is 2.05 bits per heavy atom. The van der Waals surface area contributed by atoms with Crippen LogP contribution >= 0.6 is 0 Å². The Balaban J connectivity index is 2.83. The Morgan fingerprint density at radius 3 is 2.62 bits per heavy atom. The average molecular weight is 315 g/mol. The number of amides is 1. The number of hydrazine groups is 1. The molecule has 0 aliphatic heterocycles. The normalized spacial score (nSPS) is 13.0. The van der Waals surface area contributed by atoms with Crippen molar-refractivity contribution in [3.63, 3.8) is 0 Å². The lowest BCUT2D eigenvalue weighted by Gasteiger charge is -2.16. The number of pyridine rings is 1. The van der Waals surface area contributed by atoms with Crippen LogP contribution in [0.4, 0.5) is 5.82 Å². The summed E-state index contributed by atoms with van der Waals surface area (Å²) >= 11 is 0. The van der Waals surface area contributed by atoms with Crippen LogP contribution in [-0.4, -0.2) is 31.9 Å². The number of carbonyl (C=O) groups is 1. The maximum Gasteiger partial charge on any atom is 0.245 e. The van der Waals surface area contributed by atoms with Crippen LogP contribution in [0.1, 0.15) is 20.8 Å². The quantitative estimate of drug-likeness (QED) is 0.408. The van der Waals surface area contributed by atoms with Crippen molar-refractivity contribution in [1.82, 2.24) is 15.0 Å². The van der Waals surface area contributed by atoms with E-state index in [-0.39, 0.29) is 16.6 Å². The summed E-state index contributed by atoms with van der Waals surface area (Å²) in [5.74, 6) is 5.14. The number of carbonyl (C=O) groups excluding carboxylic acids is 1. The lowest BCUT2D eigenvalue weighted by molar-refractivity contribution is -0.122. The number of anilines is 1. The van der Waals surface area contributed by atoms with Gasteiger partial charge in [-0.25, -0.2) is 19.2 Å². The minimum Gasteiger partial charge on any atom is -0.354 e. The van der Waals surface area contributed by atoms with Gasteiger partial charge in [0, 0.05) is 12.7 Å². The molecule has 8 nitrogen and oxygen atoms in total. The highest BCUT2D eigenvalue weighted by molar-refractivity contribution is 7.89. The van der Waals surface area contributed by atoms with Crippen LogP contribution in [-0.2, 0) is 14.8 Å². The van der Waals surface area contributed by atoms with Crippen molar-refractivity contribution in [2.75, 3.05) is 12.0 Å². The molecule has 1 unspecified atom stereocenters. The number of rotatable bonds is 7.